The molecule has 0 aliphatic carbocycles. The number of ether oxygens (including phenoxy) is 3. The van der Waals surface area contributed by atoms with E-state index in [4.69, 9.17) is 29.3 Å². The maximum Gasteiger partial charge on any atom is 0.230 e. The molecule has 12 heteroatoms. The molecule has 37 heavy (non-hydrogen) atoms. The number of hydrogen-bond acceptors (Lipinski definition) is 9. The Morgan fingerprint density at radius 2 is 1.92 bits per heavy atom. The molecule has 0 unspecified atom stereocenters. The van der Waals surface area contributed by atoms with Crippen LogP contribution >= 0.6 is 0 Å². The summed E-state index contributed by atoms with van der Waals surface area (Å²) in [5.74, 6) is 0.370. The van der Waals surface area contributed by atoms with Crippen molar-refractivity contribution < 1.29 is 28.5 Å². The number of morpholine rings is 1. The average molecular weight is 513 g/mol. The summed E-state index contributed by atoms with van der Waals surface area (Å²) in [5, 5.41) is 11.6. The molecule has 11 nitrogen and oxygen atoms in total. The molecular weight excluding hydrogens is 483 g/mol. The standard InChI is InChI=1S/C25H29FN6O5/c1-25(23(34)27-8-11-33)14-36-22(37-15-25)21-30-19(16-2-4-17(26)5-3-16)20(31-21)18-6-7-28-24(29-18)32-9-12-35-13-10-32/h2-7,22,33H,8-15H2,1H3,(H,27,34)(H,30,31). The Balaban J connectivity index is 1.44. The van der Waals surface area contributed by atoms with Crippen LogP contribution in [0.15, 0.2) is 36.5 Å². The number of H-pyrrole nitrogens is 1. The summed E-state index contributed by atoms with van der Waals surface area (Å²) in [4.78, 5) is 31.7. The fourth-order valence-corrected chi connectivity index (χ4v) is 4.19. The Morgan fingerprint density at radius 3 is 2.62 bits per heavy atom. The fraction of sp³-hybridized carbons (Fsp3) is 0.440. The Kier molecular flexibility index (Phi) is 7.42. The van der Waals surface area contributed by atoms with E-state index in [0.717, 1.165) is 0 Å². The van der Waals surface area contributed by atoms with Gasteiger partial charge >= 0.3 is 0 Å². The first-order valence-corrected chi connectivity index (χ1v) is 12.1. The van der Waals surface area contributed by atoms with Crippen molar-refractivity contribution in [3.8, 4) is 22.6 Å². The number of imidazole rings is 1. The van der Waals surface area contributed by atoms with Crippen LogP contribution in [0.25, 0.3) is 22.6 Å². The van der Waals surface area contributed by atoms with Crippen molar-refractivity contribution in [3.63, 3.8) is 0 Å². The summed E-state index contributed by atoms with van der Waals surface area (Å²) in [6.07, 6.45) is 0.846. The lowest BCUT2D eigenvalue weighted by atomic mass is 9.91. The van der Waals surface area contributed by atoms with Crippen LogP contribution in [0.2, 0.25) is 0 Å². The van der Waals surface area contributed by atoms with Gasteiger partial charge in [0.2, 0.25) is 18.1 Å². The van der Waals surface area contributed by atoms with Crippen LogP contribution in [-0.4, -0.2) is 83.6 Å². The zero-order valence-electron chi connectivity index (χ0n) is 20.4. The third-order valence-corrected chi connectivity index (χ3v) is 6.31. The molecule has 0 radical (unpaired) electrons. The maximum atomic E-state index is 13.6. The minimum absolute atomic E-state index is 0.103. The number of amides is 1. The van der Waals surface area contributed by atoms with Gasteiger partial charge in [-0.15, -0.1) is 0 Å². The van der Waals surface area contributed by atoms with Crippen molar-refractivity contribution in [1.82, 2.24) is 25.3 Å². The predicted octanol–water partition coefficient (Wildman–Crippen LogP) is 1.67. The molecule has 0 saturated carbocycles. The average Bonchev–Trinajstić information content (AvgIpc) is 3.38. The zero-order chi connectivity index (χ0) is 25.8. The highest BCUT2D eigenvalue weighted by molar-refractivity contribution is 5.82. The van der Waals surface area contributed by atoms with Crippen molar-refractivity contribution in [2.45, 2.75) is 13.2 Å². The lowest BCUT2D eigenvalue weighted by molar-refractivity contribution is -0.231. The summed E-state index contributed by atoms with van der Waals surface area (Å²) >= 11 is 0. The van der Waals surface area contributed by atoms with E-state index in [9.17, 15) is 9.18 Å². The molecule has 196 valence electrons. The molecule has 1 aromatic carbocycles. The second kappa shape index (κ2) is 10.9. The van der Waals surface area contributed by atoms with E-state index < -0.39 is 11.7 Å². The number of aliphatic hydroxyl groups is 1. The van der Waals surface area contributed by atoms with Gasteiger partial charge in [-0.3, -0.25) is 4.79 Å². The Hall–Kier alpha value is -3.45. The molecule has 1 amide bonds. The van der Waals surface area contributed by atoms with E-state index in [2.05, 4.69) is 20.2 Å². The number of nitrogens with zero attached hydrogens (tertiary/aromatic N) is 4. The molecule has 2 aromatic heterocycles. The monoisotopic (exact) mass is 512 g/mol. The molecule has 0 bridgehead atoms. The molecule has 3 N–H and O–H groups in total. The van der Waals surface area contributed by atoms with Crippen LogP contribution in [0.4, 0.5) is 10.3 Å². The molecule has 0 spiro atoms. The minimum atomic E-state index is -0.902. The van der Waals surface area contributed by atoms with Crippen molar-refractivity contribution >= 4 is 11.9 Å². The molecule has 4 heterocycles. The van der Waals surface area contributed by atoms with Crippen molar-refractivity contribution in [3.05, 3.63) is 48.2 Å². The third-order valence-electron chi connectivity index (χ3n) is 6.31. The van der Waals surface area contributed by atoms with Gasteiger partial charge in [-0.1, -0.05) is 0 Å². The van der Waals surface area contributed by atoms with E-state index in [-0.39, 0.29) is 38.1 Å². The normalized spacial score (nSPS) is 22.1. The molecule has 5 rings (SSSR count). The number of aliphatic hydroxyl groups excluding tert-OH is 1. The van der Waals surface area contributed by atoms with Crippen molar-refractivity contribution in [1.29, 1.82) is 0 Å². The first-order chi connectivity index (χ1) is 18.0. The number of hydrogen-bond donors (Lipinski definition) is 3. The highest BCUT2D eigenvalue weighted by Crippen LogP contribution is 2.35. The lowest BCUT2D eigenvalue weighted by Crippen LogP contribution is -2.49. The van der Waals surface area contributed by atoms with Crippen LogP contribution < -0.4 is 10.2 Å². The van der Waals surface area contributed by atoms with Crippen LogP contribution in [0.3, 0.4) is 0 Å². The maximum absolute atomic E-state index is 13.6. The van der Waals surface area contributed by atoms with E-state index in [0.29, 0.717) is 60.7 Å². The van der Waals surface area contributed by atoms with Gasteiger partial charge in [0, 0.05) is 31.4 Å². The summed E-state index contributed by atoms with van der Waals surface area (Å²) in [5.41, 5.74) is 1.57. The number of carbonyl (C=O) groups is 1. The fourth-order valence-electron chi connectivity index (χ4n) is 4.19. The number of aromatic nitrogens is 4. The third kappa shape index (κ3) is 5.47. The number of nitrogens with one attached hydrogen (secondary N) is 2. The predicted molar refractivity (Wildman–Crippen MR) is 131 cm³/mol. The van der Waals surface area contributed by atoms with Gasteiger partial charge in [-0.2, -0.15) is 0 Å². The van der Waals surface area contributed by atoms with Crippen LogP contribution in [0, 0.1) is 11.2 Å². The van der Waals surface area contributed by atoms with Crippen molar-refractivity contribution in [2.24, 2.45) is 5.41 Å². The molecular formula is C25H29FN6O5. The first-order valence-electron chi connectivity index (χ1n) is 12.1. The highest BCUT2D eigenvalue weighted by Gasteiger charge is 2.40. The largest absolute Gasteiger partial charge is 0.395 e. The zero-order valence-corrected chi connectivity index (χ0v) is 20.4. The Morgan fingerprint density at radius 1 is 1.19 bits per heavy atom. The smallest absolute Gasteiger partial charge is 0.230 e. The van der Waals surface area contributed by atoms with Crippen molar-refractivity contribution in [2.75, 3.05) is 57.6 Å². The topological polar surface area (TPSA) is 135 Å². The molecule has 2 fully saturated rings. The number of halogens is 1. The van der Waals surface area contributed by atoms with Crippen LogP contribution in [0.1, 0.15) is 19.0 Å². The summed E-state index contributed by atoms with van der Waals surface area (Å²) < 4.78 is 30.9. The SMILES string of the molecule is CC1(C(=O)NCCO)COC(c2nc(-c3ccc(F)cc3)c(-c3ccnc(N4CCOCC4)n3)[nH]2)OC1. The van der Waals surface area contributed by atoms with Crippen LogP contribution in [-0.2, 0) is 19.0 Å². The molecule has 2 aliphatic rings. The van der Waals surface area contributed by atoms with Gasteiger partial charge in [0.15, 0.2) is 5.82 Å². The summed E-state index contributed by atoms with van der Waals surface area (Å²) in [7, 11) is 0. The minimum Gasteiger partial charge on any atom is -0.395 e. The molecule has 3 aromatic rings. The summed E-state index contributed by atoms with van der Waals surface area (Å²) in [6.45, 7) is 4.55. The van der Waals surface area contributed by atoms with Gasteiger partial charge in [0.1, 0.15) is 5.82 Å². The first kappa shape index (κ1) is 25.2. The quantitative estimate of drug-likeness (QED) is 0.432. The number of carbonyl (C=O) groups excluding carboxylic acids is 1. The Labute approximate surface area is 213 Å². The summed E-state index contributed by atoms with van der Waals surface area (Å²) in [6, 6.07) is 7.81. The number of benzene rings is 1. The van der Waals surface area contributed by atoms with Gasteiger partial charge in [0.25, 0.3) is 0 Å². The van der Waals surface area contributed by atoms with Gasteiger partial charge in [0.05, 0.1) is 55.5 Å². The van der Waals surface area contributed by atoms with E-state index >= 15 is 0 Å². The van der Waals surface area contributed by atoms with Gasteiger partial charge in [-0.05, 0) is 37.3 Å². The second-order valence-corrected chi connectivity index (χ2v) is 9.19. The van der Waals surface area contributed by atoms with E-state index in [1.807, 2.05) is 0 Å². The Bertz CT molecular complexity index is 1220. The van der Waals surface area contributed by atoms with E-state index in [1.165, 1.54) is 12.1 Å². The highest BCUT2D eigenvalue weighted by atomic mass is 19.1. The molecule has 2 aliphatic heterocycles. The van der Waals surface area contributed by atoms with Crippen LogP contribution in [0.5, 0.6) is 0 Å². The second-order valence-electron chi connectivity index (χ2n) is 9.19. The number of rotatable bonds is 7. The number of anilines is 1. The van der Waals surface area contributed by atoms with Gasteiger partial charge in [-0.25, -0.2) is 19.3 Å². The van der Waals surface area contributed by atoms with E-state index in [1.54, 1.807) is 31.3 Å². The lowest BCUT2D eigenvalue weighted by Gasteiger charge is -2.35. The number of aromatic amines is 1. The van der Waals surface area contributed by atoms with Gasteiger partial charge < -0.3 is 34.5 Å². The molecule has 0 atom stereocenters. The molecule has 2 saturated heterocycles.